The quantitative estimate of drug-likeness (QED) is 0.352. The summed E-state index contributed by atoms with van der Waals surface area (Å²) in [5, 5.41) is 11.7. The molecule has 34 heavy (non-hydrogen) atoms. The zero-order chi connectivity index (χ0) is 23.5. The number of aromatic hydroxyl groups is 1. The Hall–Kier alpha value is -2.39. The molecule has 1 fully saturated rings. The van der Waals surface area contributed by atoms with Gasteiger partial charge in [-0.2, -0.15) is 0 Å². The van der Waals surface area contributed by atoms with Gasteiger partial charge in [-0.05, 0) is 85.8 Å². The summed E-state index contributed by atoms with van der Waals surface area (Å²) >= 11 is 3.59. The summed E-state index contributed by atoms with van der Waals surface area (Å²) in [6, 6.07) is 22.0. The van der Waals surface area contributed by atoms with Gasteiger partial charge in [0.1, 0.15) is 5.75 Å². The van der Waals surface area contributed by atoms with Crippen LogP contribution in [0.4, 0.5) is 0 Å². The standard InChI is InChI=1S/C31H34BrNO/c1-21(24-5-3-2-4-6-24)33-30(26-17-19-28(32)20-18-26)29-25-13-11-22-7-9-23(10-8-22)12-14-27(16-15-25)31(29)34/h7-10,15-21,24,34H,2-6,11-14H2,1H3/t21-/m0/s1. The maximum Gasteiger partial charge on any atom is 0.128 e. The van der Waals surface area contributed by atoms with E-state index in [4.69, 9.17) is 4.99 Å². The van der Waals surface area contributed by atoms with Crippen LogP contribution in [0.25, 0.3) is 0 Å². The summed E-state index contributed by atoms with van der Waals surface area (Å²) in [4.78, 5) is 5.38. The second kappa shape index (κ2) is 10.5. The fourth-order valence-electron chi connectivity index (χ4n) is 5.60. The largest absolute Gasteiger partial charge is 0.507 e. The molecular weight excluding hydrogens is 482 g/mol. The highest BCUT2D eigenvalue weighted by Gasteiger charge is 2.24. The number of hydrogen-bond donors (Lipinski definition) is 1. The van der Waals surface area contributed by atoms with Crippen LogP contribution < -0.4 is 0 Å². The average Bonchev–Trinajstić information content (AvgIpc) is 2.86. The van der Waals surface area contributed by atoms with Crippen molar-refractivity contribution in [1.82, 2.24) is 0 Å². The van der Waals surface area contributed by atoms with Gasteiger partial charge in [-0.15, -0.1) is 0 Å². The molecule has 5 aliphatic rings. The molecule has 0 amide bonds. The van der Waals surface area contributed by atoms with Gasteiger partial charge >= 0.3 is 0 Å². The molecule has 3 heteroatoms. The average molecular weight is 517 g/mol. The molecule has 2 nitrogen and oxygen atoms in total. The third kappa shape index (κ3) is 5.15. The normalized spacial score (nSPS) is 17.9. The number of benzene rings is 3. The van der Waals surface area contributed by atoms with Crippen molar-refractivity contribution in [2.45, 2.75) is 70.8 Å². The van der Waals surface area contributed by atoms with Gasteiger partial charge in [-0.25, -0.2) is 0 Å². The molecule has 4 bridgehead atoms. The molecule has 0 unspecified atom stereocenters. The van der Waals surface area contributed by atoms with Crippen molar-refractivity contribution >= 4 is 21.6 Å². The lowest BCUT2D eigenvalue weighted by atomic mass is 9.84. The summed E-state index contributed by atoms with van der Waals surface area (Å²) in [5.41, 5.74) is 7.83. The van der Waals surface area contributed by atoms with E-state index in [-0.39, 0.29) is 6.04 Å². The Morgan fingerprint density at radius 3 is 2.03 bits per heavy atom. The van der Waals surface area contributed by atoms with Crippen LogP contribution in [-0.2, 0) is 25.7 Å². The highest BCUT2D eigenvalue weighted by molar-refractivity contribution is 9.10. The van der Waals surface area contributed by atoms with E-state index in [2.05, 4.69) is 83.5 Å². The van der Waals surface area contributed by atoms with Gasteiger partial charge in [0.05, 0.1) is 11.8 Å². The Morgan fingerprint density at radius 2 is 1.38 bits per heavy atom. The topological polar surface area (TPSA) is 32.6 Å². The monoisotopic (exact) mass is 515 g/mol. The van der Waals surface area contributed by atoms with E-state index in [1.54, 1.807) is 0 Å². The first-order valence-electron chi connectivity index (χ1n) is 12.8. The van der Waals surface area contributed by atoms with Crippen LogP contribution in [0.15, 0.2) is 70.1 Å². The first-order chi connectivity index (χ1) is 16.6. The van der Waals surface area contributed by atoms with E-state index in [9.17, 15) is 5.11 Å². The molecule has 0 radical (unpaired) electrons. The maximum absolute atomic E-state index is 11.7. The number of hydrogen-bond acceptors (Lipinski definition) is 2. The molecule has 0 heterocycles. The SMILES string of the molecule is C[C@H](N=C(c1ccc(Br)cc1)c1c2ccc(c1O)CCc1ccc(cc1)CC2)C1CCCCC1. The summed E-state index contributed by atoms with van der Waals surface area (Å²) in [6.07, 6.45) is 10.1. The minimum atomic E-state index is 0.237. The van der Waals surface area contributed by atoms with Gasteiger partial charge in [0.25, 0.3) is 0 Å². The van der Waals surface area contributed by atoms with Gasteiger partial charge in [0.15, 0.2) is 0 Å². The summed E-state index contributed by atoms with van der Waals surface area (Å²) < 4.78 is 1.05. The Bertz CT molecular complexity index is 1160. The number of aryl methyl sites for hydroxylation is 4. The van der Waals surface area contributed by atoms with Crippen LogP contribution in [0.1, 0.15) is 72.4 Å². The van der Waals surface area contributed by atoms with Crippen molar-refractivity contribution in [1.29, 1.82) is 0 Å². The molecule has 1 atom stereocenters. The number of aliphatic imine (C=N–C) groups is 1. The number of halogens is 1. The first-order valence-corrected chi connectivity index (χ1v) is 13.6. The molecule has 1 saturated carbocycles. The molecule has 0 aromatic heterocycles. The van der Waals surface area contributed by atoms with E-state index in [1.165, 1.54) is 48.8 Å². The van der Waals surface area contributed by atoms with Crippen LogP contribution >= 0.6 is 15.9 Å². The Kier molecular flexibility index (Phi) is 7.20. The second-order valence-corrected chi connectivity index (χ2v) is 11.0. The molecule has 0 spiro atoms. The van der Waals surface area contributed by atoms with Crippen molar-refractivity contribution in [3.63, 3.8) is 0 Å². The molecule has 0 aliphatic heterocycles. The zero-order valence-corrected chi connectivity index (χ0v) is 21.7. The molecule has 3 aromatic carbocycles. The van der Waals surface area contributed by atoms with E-state index in [1.807, 2.05) is 0 Å². The lowest BCUT2D eigenvalue weighted by molar-refractivity contribution is 0.318. The molecule has 176 valence electrons. The number of nitrogens with zero attached hydrogens (tertiary/aromatic N) is 1. The maximum atomic E-state index is 11.7. The highest BCUT2D eigenvalue weighted by Crippen LogP contribution is 2.34. The van der Waals surface area contributed by atoms with Crippen LogP contribution in [0.2, 0.25) is 0 Å². The number of phenols is 1. The van der Waals surface area contributed by atoms with E-state index in [0.29, 0.717) is 11.7 Å². The van der Waals surface area contributed by atoms with Crippen molar-refractivity contribution in [2.75, 3.05) is 0 Å². The molecule has 5 aliphatic carbocycles. The van der Waals surface area contributed by atoms with Gasteiger partial charge in [0, 0.05) is 15.6 Å². The van der Waals surface area contributed by atoms with E-state index in [0.717, 1.165) is 52.6 Å². The number of rotatable bonds is 4. The van der Waals surface area contributed by atoms with Gasteiger partial charge < -0.3 is 5.11 Å². The third-order valence-electron chi connectivity index (χ3n) is 7.76. The third-order valence-corrected chi connectivity index (χ3v) is 8.28. The Labute approximate surface area is 212 Å². The zero-order valence-electron chi connectivity index (χ0n) is 20.1. The fraction of sp³-hybridized carbons (Fsp3) is 0.387. The van der Waals surface area contributed by atoms with E-state index < -0.39 is 0 Å². The summed E-state index contributed by atoms with van der Waals surface area (Å²) in [6.45, 7) is 2.27. The first kappa shape index (κ1) is 23.4. The van der Waals surface area contributed by atoms with Crippen molar-refractivity contribution in [2.24, 2.45) is 10.9 Å². The molecule has 1 N–H and O–H groups in total. The minimum Gasteiger partial charge on any atom is -0.507 e. The van der Waals surface area contributed by atoms with Gasteiger partial charge in [0.2, 0.25) is 0 Å². The molecule has 8 rings (SSSR count). The predicted octanol–water partition coefficient (Wildman–Crippen LogP) is 7.84. The fourth-order valence-corrected chi connectivity index (χ4v) is 5.86. The van der Waals surface area contributed by atoms with Crippen LogP contribution in [0, 0.1) is 5.92 Å². The molecule has 0 saturated heterocycles. The summed E-state index contributed by atoms with van der Waals surface area (Å²) in [7, 11) is 0. The van der Waals surface area contributed by atoms with Crippen LogP contribution in [0.3, 0.4) is 0 Å². The van der Waals surface area contributed by atoms with Crippen LogP contribution in [-0.4, -0.2) is 16.9 Å². The lowest BCUT2D eigenvalue weighted by Crippen LogP contribution is -2.21. The van der Waals surface area contributed by atoms with Gasteiger partial charge in [-0.3, -0.25) is 4.99 Å². The van der Waals surface area contributed by atoms with Crippen LogP contribution in [0.5, 0.6) is 5.75 Å². The van der Waals surface area contributed by atoms with Crippen molar-refractivity contribution in [3.05, 3.63) is 98.5 Å². The van der Waals surface area contributed by atoms with Crippen molar-refractivity contribution in [3.8, 4) is 5.75 Å². The lowest BCUT2D eigenvalue weighted by Gasteiger charge is -2.27. The smallest absolute Gasteiger partial charge is 0.128 e. The minimum absolute atomic E-state index is 0.237. The number of phenolic OH excluding ortho intramolecular Hbond substituents is 1. The Balaban J connectivity index is 1.62. The Morgan fingerprint density at radius 1 is 0.794 bits per heavy atom. The predicted molar refractivity (Wildman–Crippen MR) is 145 cm³/mol. The molecule has 3 aromatic rings. The second-order valence-electron chi connectivity index (χ2n) is 10.0. The molecular formula is C31H34BrNO. The van der Waals surface area contributed by atoms with Gasteiger partial charge in [-0.1, -0.05) is 83.7 Å². The highest BCUT2D eigenvalue weighted by atomic mass is 79.9. The van der Waals surface area contributed by atoms with Crippen molar-refractivity contribution < 1.29 is 5.11 Å². The van der Waals surface area contributed by atoms with E-state index >= 15 is 0 Å². The summed E-state index contributed by atoms with van der Waals surface area (Å²) in [5.74, 6) is 1.04.